The minimum absolute atomic E-state index is 0.133. The molecule has 4 heteroatoms. The molecule has 0 radical (unpaired) electrons. The van der Waals surface area contributed by atoms with Crippen molar-refractivity contribution in [3.63, 3.8) is 0 Å². The van der Waals surface area contributed by atoms with Crippen LogP contribution < -0.4 is 10.6 Å². The smallest absolute Gasteiger partial charge is 0.234 e. The second-order valence-corrected chi connectivity index (χ2v) is 6.62. The predicted molar refractivity (Wildman–Crippen MR) is 76.0 cm³/mol. The Morgan fingerprint density at radius 3 is 2.63 bits per heavy atom. The van der Waals surface area contributed by atoms with Crippen LogP contribution in [0.2, 0.25) is 0 Å². The van der Waals surface area contributed by atoms with E-state index in [1.54, 1.807) is 0 Å². The van der Waals surface area contributed by atoms with Crippen molar-refractivity contribution in [2.24, 2.45) is 5.41 Å². The lowest BCUT2D eigenvalue weighted by Crippen LogP contribution is -2.49. The quantitative estimate of drug-likeness (QED) is 0.818. The average Bonchev–Trinajstić information content (AvgIpc) is 2.38. The van der Waals surface area contributed by atoms with E-state index in [4.69, 9.17) is 4.74 Å². The number of nitrogens with one attached hydrogen (secondary N) is 2. The summed E-state index contributed by atoms with van der Waals surface area (Å²) < 4.78 is 5.30. The topological polar surface area (TPSA) is 50.4 Å². The molecule has 2 rings (SSSR count). The minimum Gasteiger partial charge on any atom is -0.381 e. The summed E-state index contributed by atoms with van der Waals surface area (Å²) in [6.07, 6.45) is 6.94. The maximum absolute atomic E-state index is 12.0. The minimum atomic E-state index is 0.133. The lowest BCUT2D eigenvalue weighted by atomic mass is 9.73. The summed E-state index contributed by atoms with van der Waals surface area (Å²) >= 11 is 0. The van der Waals surface area contributed by atoms with Crippen LogP contribution in [0, 0.1) is 5.41 Å². The van der Waals surface area contributed by atoms with Crippen molar-refractivity contribution in [2.75, 3.05) is 19.8 Å². The zero-order chi connectivity index (χ0) is 13.7. The zero-order valence-corrected chi connectivity index (χ0v) is 12.3. The normalized spacial score (nSPS) is 28.0. The first-order valence-electron chi connectivity index (χ1n) is 7.68. The Bertz CT molecular complexity index is 299. The van der Waals surface area contributed by atoms with Crippen LogP contribution in [0.5, 0.6) is 0 Å². The molecule has 0 aromatic heterocycles. The molecule has 1 aliphatic heterocycles. The molecule has 1 saturated heterocycles. The van der Waals surface area contributed by atoms with Crippen LogP contribution in [-0.4, -0.2) is 37.7 Å². The number of amides is 1. The second kappa shape index (κ2) is 6.71. The number of carbonyl (C=O) groups excluding carboxylic acids is 1. The van der Waals surface area contributed by atoms with Crippen LogP contribution in [0.3, 0.4) is 0 Å². The van der Waals surface area contributed by atoms with Gasteiger partial charge in [-0.3, -0.25) is 4.79 Å². The summed E-state index contributed by atoms with van der Waals surface area (Å²) in [7, 11) is 0. The molecule has 1 heterocycles. The van der Waals surface area contributed by atoms with E-state index in [1.807, 2.05) is 0 Å². The van der Waals surface area contributed by atoms with Gasteiger partial charge in [0.1, 0.15) is 0 Å². The largest absolute Gasteiger partial charge is 0.381 e. The van der Waals surface area contributed by atoms with Gasteiger partial charge in [0.25, 0.3) is 0 Å². The number of hydrogen-bond donors (Lipinski definition) is 2. The first kappa shape index (κ1) is 14.8. The van der Waals surface area contributed by atoms with Crippen LogP contribution >= 0.6 is 0 Å². The molecule has 1 saturated carbocycles. The lowest BCUT2D eigenvalue weighted by Gasteiger charge is -2.39. The molecule has 1 unspecified atom stereocenters. The van der Waals surface area contributed by atoms with Crippen molar-refractivity contribution < 1.29 is 9.53 Å². The van der Waals surface area contributed by atoms with Gasteiger partial charge >= 0.3 is 0 Å². The molecular weight excluding hydrogens is 240 g/mol. The maximum atomic E-state index is 12.0. The van der Waals surface area contributed by atoms with E-state index in [2.05, 4.69) is 24.5 Å². The SMILES string of the molecule is CC1(C)CCCCC1NCC(=O)NC1CCOCC1. The summed E-state index contributed by atoms with van der Waals surface area (Å²) in [5, 5.41) is 6.56. The van der Waals surface area contributed by atoms with Crippen LogP contribution in [-0.2, 0) is 9.53 Å². The van der Waals surface area contributed by atoms with Crippen molar-refractivity contribution in [1.82, 2.24) is 10.6 Å². The predicted octanol–water partition coefficient (Wildman–Crippen LogP) is 1.84. The Labute approximate surface area is 116 Å². The molecule has 0 bridgehead atoms. The van der Waals surface area contributed by atoms with Gasteiger partial charge < -0.3 is 15.4 Å². The van der Waals surface area contributed by atoms with E-state index in [0.717, 1.165) is 26.1 Å². The molecule has 0 spiro atoms. The van der Waals surface area contributed by atoms with Gasteiger partial charge in [0.15, 0.2) is 0 Å². The number of carbonyl (C=O) groups is 1. The molecular formula is C15H28N2O2. The fraction of sp³-hybridized carbons (Fsp3) is 0.933. The summed E-state index contributed by atoms with van der Waals surface area (Å²) in [6.45, 7) is 6.61. The van der Waals surface area contributed by atoms with Gasteiger partial charge in [-0.05, 0) is 31.1 Å². The Hall–Kier alpha value is -0.610. The molecule has 0 aromatic rings. The van der Waals surface area contributed by atoms with Gasteiger partial charge in [-0.15, -0.1) is 0 Å². The third-order valence-electron chi connectivity index (χ3n) is 4.60. The molecule has 2 aliphatic rings. The standard InChI is InChI=1S/C15H28N2O2/c1-15(2)8-4-3-5-13(15)16-11-14(18)17-12-6-9-19-10-7-12/h12-13,16H,3-11H2,1-2H3,(H,17,18). The van der Waals surface area contributed by atoms with Crippen LogP contribution in [0.25, 0.3) is 0 Å². The Kier molecular flexibility index (Phi) is 5.22. The first-order chi connectivity index (χ1) is 9.08. The van der Waals surface area contributed by atoms with Gasteiger partial charge in [-0.1, -0.05) is 26.7 Å². The molecule has 110 valence electrons. The average molecular weight is 268 g/mol. The molecule has 1 atom stereocenters. The van der Waals surface area contributed by atoms with E-state index < -0.39 is 0 Å². The van der Waals surface area contributed by atoms with Crippen molar-refractivity contribution in [3.05, 3.63) is 0 Å². The zero-order valence-electron chi connectivity index (χ0n) is 12.3. The summed E-state index contributed by atoms with van der Waals surface area (Å²) in [6, 6.07) is 0.782. The number of rotatable bonds is 4. The fourth-order valence-electron chi connectivity index (χ4n) is 3.21. The Morgan fingerprint density at radius 2 is 1.95 bits per heavy atom. The van der Waals surface area contributed by atoms with Gasteiger partial charge in [-0.2, -0.15) is 0 Å². The van der Waals surface area contributed by atoms with Crippen molar-refractivity contribution in [2.45, 2.75) is 64.5 Å². The third kappa shape index (κ3) is 4.46. The molecule has 19 heavy (non-hydrogen) atoms. The van der Waals surface area contributed by atoms with Gasteiger partial charge in [0.2, 0.25) is 5.91 Å². The highest BCUT2D eigenvalue weighted by atomic mass is 16.5. The molecule has 1 amide bonds. The Morgan fingerprint density at radius 1 is 1.21 bits per heavy atom. The van der Waals surface area contributed by atoms with Gasteiger partial charge in [0, 0.05) is 25.3 Å². The van der Waals surface area contributed by atoms with Crippen LogP contribution in [0.1, 0.15) is 52.4 Å². The van der Waals surface area contributed by atoms with E-state index in [1.165, 1.54) is 25.7 Å². The number of ether oxygens (including phenoxy) is 1. The fourth-order valence-corrected chi connectivity index (χ4v) is 3.21. The molecule has 2 fully saturated rings. The van der Waals surface area contributed by atoms with Crippen molar-refractivity contribution in [1.29, 1.82) is 0 Å². The highest BCUT2D eigenvalue weighted by Gasteiger charge is 2.32. The highest BCUT2D eigenvalue weighted by Crippen LogP contribution is 2.35. The van der Waals surface area contributed by atoms with E-state index in [0.29, 0.717) is 24.0 Å². The van der Waals surface area contributed by atoms with Gasteiger partial charge in [-0.25, -0.2) is 0 Å². The summed E-state index contributed by atoms with van der Waals surface area (Å²) in [5.74, 6) is 0.133. The highest BCUT2D eigenvalue weighted by molar-refractivity contribution is 5.78. The monoisotopic (exact) mass is 268 g/mol. The maximum Gasteiger partial charge on any atom is 0.234 e. The molecule has 2 N–H and O–H groups in total. The van der Waals surface area contributed by atoms with E-state index in [9.17, 15) is 4.79 Å². The van der Waals surface area contributed by atoms with Crippen molar-refractivity contribution >= 4 is 5.91 Å². The molecule has 0 aromatic carbocycles. The summed E-state index contributed by atoms with van der Waals surface area (Å²) in [4.78, 5) is 12.0. The van der Waals surface area contributed by atoms with Crippen LogP contribution in [0.15, 0.2) is 0 Å². The van der Waals surface area contributed by atoms with E-state index in [-0.39, 0.29) is 5.91 Å². The first-order valence-corrected chi connectivity index (χ1v) is 7.68. The Balaban J connectivity index is 1.70. The molecule has 1 aliphatic carbocycles. The van der Waals surface area contributed by atoms with Crippen LogP contribution in [0.4, 0.5) is 0 Å². The van der Waals surface area contributed by atoms with E-state index >= 15 is 0 Å². The third-order valence-corrected chi connectivity index (χ3v) is 4.60. The number of hydrogen-bond acceptors (Lipinski definition) is 3. The summed E-state index contributed by atoms with van der Waals surface area (Å²) in [5.41, 5.74) is 0.317. The molecule has 4 nitrogen and oxygen atoms in total. The lowest BCUT2D eigenvalue weighted by molar-refractivity contribution is -0.121. The van der Waals surface area contributed by atoms with Gasteiger partial charge in [0.05, 0.1) is 6.54 Å². The van der Waals surface area contributed by atoms with Crippen molar-refractivity contribution in [3.8, 4) is 0 Å². The second-order valence-electron chi connectivity index (χ2n) is 6.62.